The molecule has 1 atom stereocenters. The molecule has 0 spiro atoms. The second kappa shape index (κ2) is 5.35. The Morgan fingerprint density at radius 1 is 1.38 bits per heavy atom. The first-order valence-corrected chi connectivity index (χ1v) is 7.44. The Hall–Kier alpha value is -2.10. The molecular formula is C17H20N2O2. The molecule has 1 unspecified atom stereocenters. The smallest absolute Gasteiger partial charge is 0.335 e. The lowest BCUT2D eigenvalue weighted by Crippen LogP contribution is -2.34. The van der Waals surface area contributed by atoms with Crippen molar-refractivity contribution >= 4 is 22.6 Å². The van der Waals surface area contributed by atoms with Crippen molar-refractivity contribution in [3.63, 3.8) is 0 Å². The molecule has 0 amide bonds. The van der Waals surface area contributed by atoms with Gasteiger partial charge in [0.05, 0.1) is 11.1 Å². The number of carbonyl (C=O) groups is 1. The van der Waals surface area contributed by atoms with Crippen LogP contribution in [-0.4, -0.2) is 29.1 Å². The number of anilines is 1. The van der Waals surface area contributed by atoms with Crippen molar-refractivity contribution in [2.75, 3.05) is 18.0 Å². The third-order valence-electron chi connectivity index (χ3n) is 4.16. The van der Waals surface area contributed by atoms with Gasteiger partial charge in [0.1, 0.15) is 0 Å². The van der Waals surface area contributed by atoms with Crippen LogP contribution in [0.3, 0.4) is 0 Å². The lowest BCUT2D eigenvalue weighted by molar-refractivity contribution is 0.0697. The quantitative estimate of drug-likeness (QED) is 0.917. The number of aryl methyl sites for hydroxylation is 1. The van der Waals surface area contributed by atoms with Crippen LogP contribution in [-0.2, 0) is 0 Å². The summed E-state index contributed by atoms with van der Waals surface area (Å²) in [5.74, 6) is -0.222. The van der Waals surface area contributed by atoms with E-state index in [1.807, 2.05) is 13.0 Å². The third kappa shape index (κ3) is 2.71. The molecule has 4 nitrogen and oxygen atoms in total. The van der Waals surface area contributed by atoms with Crippen molar-refractivity contribution in [2.45, 2.75) is 26.7 Å². The van der Waals surface area contributed by atoms with E-state index in [0.717, 1.165) is 35.4 Å². The van der Waals surface area contributed by atoms with Gasteiger partial charge in [-0.3, -0.25) is 4.98 Å². The lowest BCUT2D eigenvalue weighted by atomic mass is 9.98. The summed E-state index contributed by atoms with van der Waals surface area (Å²) in [5, 5.41) is 10.1. The van der Waals surface area contributed by atoms with Crippen LogP contribution in [0.5, 0.6) is 0 Å². The monoisotopic (exact) mass is 284 g/mol. The fourth-order valence-electron chi connectivity index (χ4n) is 3.14. The number of aromatic carboxylic acids is 1. The largest absolute Gasteiger partial charge is 0.478 e. The number of hydrogen-bond acceptors (Lipinski definition) is 3. The summed E-state index contributed by atoms with van der Waals surface area (Å²) in [7, 11) is 0. The molecule has 1 aliphatic heterocycles. The first-order chi connectivity index (χ1) is 10.0. The summed E-state index contributed by atoms with van der Waals surface area (Å²) in [5.41, 5.74) is 3.28. The molecule has 21 heavy (non-hydrogen) atoms. The maximum atomic E-state index is 11.2. The van der Waals surface area contributed by atoms with E-state index >= 15 is 0 Å². The fourth-order valence-corrected chi connectivity index (χ4v) is 3.14. The van der Waals surface area contributed by atoms with Crippen LogP contribution in [0.1, 0.15) is 35.8 Å². The van der Waals surface area contributed by atoms with Gasteiger partial charge in [0, 0.05) is 29.9 Å². The van der Waals surface area contributed by atoms with E-state index in [-0.39, 0.29) is 0 Å². The highest BCUT2D eigenvalue weighted by Gasteiger charge is 2.19. The van der Waals surface area contributed by atoms with Gasteiger partial charge in [-0.2, -0.15) is 0 Å². The zero-order valence-corrected chi connectivity index (χ0v) is 12.5. The van der Waals surface area contributed by atoms with Crippen LogP contribution in [0.2, 0.25) is 0 Å². The minimum absolute atomic E-state index is 0.319. The van der Waals surface area contributed by atoms with E-state index in [0.29, 0.717) is 11.5 Å². The van der Waals surface area contributed by atoms with Crippen LogP contribution >= 0.6 is 0 Å². The molecule has 0 radical (unpaired) electrons. The maximum Gasteiger partial charge on any atom is 0.335 e. The van der Waals surface area contributed by atoms with Gasteiger partial charge in [-0.25, -0.2) is 4.79 Å². The summed E-state index contributed by atoms with van der Waals surface area (Å²) in [4.78, 5) is 18.1. The fraction of sp³-hybridized carbons (Fsp3) is 0.412. The summed E-state index contributed by atoms with van der Waals surface area (Å²) in [6, 6.07) is 7.26. The predicted molar refractivity (Wildman–Crippen MR) is 84.1 cm³/mol. The molecule has 1 aliphatic rings. The van der Waals surface area contributed by atoms with Crippen molar-refractivity contribution in [3.05, 3.63) is 35.5 Å². The number of benzene rings is 1. The molecule has 3 rings (SSSR count). The Balaban J connectivity index is 2.14. The van der Waals surface area contributed by atoms with Gasteiger partial charge in [-0.05, 0) is 49.9 Å². The van der Waals surface area contributed by atoms with E-state index in [4.69, 9.17) is 0 Å². The summed E-state index contributed by atoms with van der Waals surface area (Å²) in [6.07, 6.45) is 2.45. The molecule has 1 aromatic heterocycles. The minimum Gasteiger partial charge on any atom is -0.478 e. The SMILES string of the molecule is Cc1cc(N2CCCC(C)C2)c2cc(C(=O)O)ccc2n1. The lowest BCUT2D eigenvalue weighted by Gasteiger charge is -2.33. The number of piperidine rings is 1. The van der Waals surface area contributed by atoms with Crippen molar-refractivity contribution < 1.29 is 9.90 Å². The number of hydrogen-bond donors (Lipinski definition) is 1. The molecular weight excluding hydrogens is 264 g/mol. The van der Waals surface area contributed by atoms with Gasteiger partial charge in [-0.1, -0.05) is 6.92 Å². The Labute approximate surface area is 124 Å². The van der Waals surface area contributed by atoms with Gasteiger partial charge in [-0.15, -0.1) is 0 Å². The highest BCUT2D eigenvalue weighted by molar-refractivity contribution is 5.98. The number of nitrogens with zero attached hydrogens (tertiary/aromatic N) is 2. The van der Waals surface area contributed by atoms with Crippen molar-refractivity contribution in [3.8, 4) is 0 Å². The average Bonchev–Trinajstić information content (AvgIpc) is 2.45. The predicted octanol–water partition coefficient (Wildman–Crippen LogP) is 3.48. The Bertz CT molecular complexity index is 696. The number of pyridine rings is 1. The van der Waals surface area contributed by atoms with Crippen molar-refractivity contribution in [1.82, 2.24) is 4.98 Å². The minimum atomic E-state index is -0.893. The van der Waals surface area contributed by atoms with E-state index in [1.54, 1.807) is 12.1 Å². The highest BCUT2D eigenvalue weighted by Crippen LogP contribution is 2.31. The van der Waals surface area contributed by atoms with E-state index in [1.165, 1.54) is 12.8 Å². The number of carboxylic acid groups (broad SMARTS) is 1. The van der Waals surface area contributed by atoms with Crippen LogP contribution in [0.4, 0.5) is 5.69 Å². The second-order valence-corrected chi connectivity index (χ2v) is 6.01. The summed E-state index contributed by atoms with van der Waals surface area (Å²) < 4.78 is 0. The van der Waals surface area contributed by atoms with Crippen LogP contribution in [0.15, 0.2) is 24.3 Å². The molecule has 2 aromatic rings. The summed E-state index contributed by atoms with van der Waals surface area (Å²) in [6.45, 7) is 6.31. The molecule has 0 aliphatic carbocycles. The van der Waals surface area contributed by atoms with E-state index < -0.39 is 5.97 Å². The van der Waals surface area contributed by atoms with Gasteiger partial charge < -0.3 is 10.0 Å². The first-order valence-electron chi connectivity index (χ1n) is 7.44. The Kier molecular flexibility index (Phi) is 3.53. The highest BCUT2D eigenvalue weighted by atomic mass is 16.4. The second-order valence-electron chi connectivity index (χ2n) is 6.01. The average molecular weight is 284 g/mol. The molecule has 0 saturated carbocycles. The number of rotatable bonds is 2. The molecule has 1 saturated heterocycles. The molecule has 4 heteroatoms. The number of carboxylic acids is 1. The van der Waals surface area contributed by atoms with Crippen molar-refractivity contribution in [2.24, 2.45) is 5.92 Å². The number of fused-ring (bicyclic) bond motifs is 1. The molecule has 2 heterocycles. The van der Waals surface area contributed by atoms with E-state index in [2.05, 4.69) is 22.9 Å². The van der Waals surface area contributed by atoms with Crippen LogP contribution in [0, 0.1) is 12.8 Å². The van der Waals surface area contributed by atoms with Gasteiger partial charge in [0.2, 0.25) is 0 Å². The van der Waals surface area contributed by atoms with Crippen LogP contribution in [0.25, 0.3) is 10.9 Å². The standard InChI is InChI=1S/C17H20N2O2/c1-11-4-3-7-19(10-11)16-8-12(2)18-15-6-5-13(17(20)21)9-14(15)16/h5-6,8-9,11H,3-4,7,10H2,1-2H3,(H,20,21). The van der Waals surface area contributed by atoms with Gasteiger partial charge in [0.25, 0.3) is 0 Å². The van der Waals surface area contributed by atoms with Crippen molar-refractivity contribution in [1.29, 1.82) is 0 Å². The third-order valence-corrected chi connectivity index (χ3v) is 4.16. The molecule has 1 aromatic carbocycles. The zero-order valence-electron chi connectivity index (χ0n) is 12.5. The van der Waals surface area contributed by atoms with Crippen LogP contribution < -0.4 is 4.90 Å². The normalized spacial score (nSPS) is 19.0. The molecule has 0 bridgehead atoms. The number of aromatic nitrogens is 1. The molecule has 110 valence electrons. The maximum absolute atomic E-state index is 11.2. The van der Waals surface area contributed by atoms with Gasteiger partial charge >= 0.3 is 5.97 Å². The first kappa shape index (κ1) is 13.9. The topological polar surface area (TPSA) is 53.4 Å². The molecule has 1 fully saturated rings. The van der Waals surface area contributed by atoms with Gasteiger partial charge in [0.15, 0.2) is 0 Å². The summed E-state index contributed by atoms with van der Waals surface area (Å²) >= 11 is 0. The zero-order chi connectivity index (χ0) is 15.0. The Morgan fingerprint density at radius 2 is 2.19 bits per heavy atom. The molecule has 1 N–H and O–H groups in total. The van der Waals surface area contributed by atoms with E-state index in [9.17, 15) is 9.90 Å². The Morgan fingerprint density at radius 3 is 2.90 bits per heavy atom.